The fourth-order valence-electron chi connectivity index (χ4n) is 3.37. The summed E-state index contributed by atoms with van der Waals surface area (Å²) in [5.41, 5.74) is 0.379. The number of piperazine rings is 1. The molecular weight excluding hydrogens is 464 g/mol. The molecule has 0 radical (unpaired) electrons. The Kier molecular flexibility index (Phi) is 10.8. The molecule has 172 valence electrons. The SMILES string of the molecule is CCCCCCOc1ccc(Br)cc1C(=O)N1CCNC(=O)C1CC(=O)OCCCC. The smallest absolute Gasteiger partial charge is 0.308 e. The minimum atomic E-state index is -0.897. The molecule has 0 aromatic heterocycles. The molecule has 1 aromatic carbocycles. The van der Waals surface area contributed by atoms with Crippen molar-refractivity contribution in [2.24, 2.45) is 0 Å². The van der Waals surface area contributed by atoms with E-state index in [1.807, 2.05) is 13.0 Å². The first kappa shape index (κ1) is 25.2. The van der Waals surface area contributed by atoms with Gasteiger partial charge in [0.05, 0.1) is 25.2 Å². The van der Waals surface area contributed by atoms with Crippen LogP contribution in [0.15, 0.2) is 22.7 Å². The van der Waals surface area contributed by atoms with E-state index in [1.54, 1.807) is 12.1 Å². The molecule has 2 amide bonds. The first-order chi connectivity index (χ1) is 15.0. The molecule has 8 heteroatoms. The molecule has 0 spiro atoms. The lowest BCUT2D eigenvalue weighted by atomic mass is 10.1. The summed E-state index contributed by atoms with van der Waals surface area (Å²) in [6, 6.07) is 4.39. The normalized spacial score (nSPS) is 16.0. The number of carbonyl (C=O) groups is 3. The van der Waals surface area contributed by atoms with E-state index in [2.05, 4.69) is 28.2 Å². The molecule has 1 atom stereocenters. The number of rotatable bonds is 12. The fourth-order valence-corrected chi connectivity index (χ4v) is 3.73. The number of carbonyl (C=O) groups excluding carboxylic acids is 3. The van der Waals surface area contributed by atoms with Crippen LogP contribution in [-0.2, 0) is 14.3 Å². The second-order valence-corrected chi connectivity index (χ2v) is 8.55. The number of amides is 2. The van der Waals surface area contributed by atoms with E-state index in [1.165, 1.54) is 4.90 Å². The van der Waals surface area contributed by atoms with Crippen molar-refractivity contribution >= 4 is 33.7 Å². The topological polar surface area (TPSA) is 84.9 Å². The minimum absolute atomic E-state index is 0.164. The van der Waals surface area contributed by atoms with Gasteiger partial charge in [0.2, 0.25) is 5.91 Å². The molecule has 1 aliphatic heterocycles. The first-order valence-corrected chi connectivity index (χ1v) is 11.9. The van der Waals surface area contributed by atoms with E-state index in [0.29, 0.717) is 37.6 Å². The van der Waals surface area contributed by atoms with Crippen molar-refractivity contribution in [2.45, 2.75) is 64.8 Å². The van der Waals surface area contributed by atoms with Crippen molar-refractivity contribution in [3.63, 3.8) is 0 Å². The summed E-state index contributed by atoms with van der Waals surface area (Å²) in [6.07, 6.45) is 5.78. The molecule has 0 bridgehead atoms. The highest BCUT2D eigenvalue weighted by atomic mass is 79.9. The molecule has 2 rings (SSSR count). The maximum Gasteiger partial charge on any atom is 0.308 e. The molecule has 0 aliphatic carbocycles. The van der Waals surface area contributed by atoms with Crippen molar-refractivity contribution in [2.75, 3.05) is 26.3 Å². The highest BCUT2D eigenvalue weighted by Gasteiger charge is 2.36. The lowest BCUT2D eigenvalue weighted by Gasteiger charge is -2.35. The largest absolute Gasteiger partial charge is 0.493 e. The van der Waals surface area contributed by atoms with Crippen LogP contribution in [0.1, 0.15) is 69.2 Å². The summed E-state index contributed by atoms with van der Waals surface area (Å²) < 4.78 is 11.8. The van der Waals surface area contributed by atoms with E-state index in [-0.39, 0.29) is 18.2 Å². The van der Waals surface area contributed by atoms with Gasteiger partial charge in [0.15, 0.2) is 0 Å². The number of nitrogens with one attached hydrogen (secondary N) is 1. The summed E-state index contributed by atoms with van der Waals surface area (Å²) in [5.74, 6) is -0.662. The molecule has 1 aliphatic rings. The second-order valence-electron chi connectivity index (χ2n) is 7.63. The van der Waals surface area contributed by atoms with Crippen LogP contribution in [0.25, 0.3) is 0 Å². The Morgan fingerprint density at radius 3 is 2.65 bits per heavy atom. The maximum atomic E-state index is 13.4. The number of nitrogens with zero attached hydrogens (tertiary/aromatic N) is 1. The van der Waals surface area contributed by atoms with Gasteiger partial charge >= 0.3 is 5.97 Å². The molecule has 1 heterocycles. The van der Waals surface area contributed by atoms with Crippen LogP contribution in [0, 0.1) is 0 Å². The van der Waals surface area contributed by atoms with Gasteiger partial charge in [-0.25, -0.2) is 0 Å². The summed E-state index contributed by atoms with van der Waals surface area (Å²) >= 11 is 3.41. The monoisotopic (exact) mass is 496 g/mol. The van der Waals surface area contributed by atoms with Gasteiger partial charge in [-0.05, 0) is 31.0 Å². The predicted molar refractivity (Wildman–Crippen MR) is 122 cm³/mol. The predicted octanol–water partition coefficient (Wildman–Crippen LogP) is 4.08. The highest BCUT2D eigenvalue weighted by Crippen LogP contribution is 2.27. The van der Waals surface area contributed by atoms with Crippen molar-refractivity contribution in [3.05, 3.63) is 28.2 Å². The fraction of sp³-hybridized carbons (Fsp3) is 0.609. The zero-order valence-corrected chi connectivity index (χ0v) is 20.0. The van der Waals surface area contributed by atoms with E-state index in [4.69, 9.17) is 9.47 Å². The van der Waals surface area contributed by atoms with Gasteiger partial charge in [-0.2, -0.15) is 0 Å². The van der Waals surface area contributed by atoms with Crippen LogP contribution in [0.5, 0.6) is 5.75 Å². The van der Waals surface area contributed by atoms with Crippen LogP contribution >= 0.6 is 15.9 Å². The number of ether oxygens (including phenoxy) is 2. The van der Waals surface area contributed by atoms with E-state index >= 15 is 0 Å². The van der Waals surface area contributed by atoms with Crippen molar-refractivity contribution in [1.29, 1.82) is 0 Å². The number of benzene rings is 1. The van der Waals surface area contributed by atoms with Crippen LogP contribution in [-0.4, -0.2) is 55.0 Å². The van der Waals surface area contributed by atoms with Crippen LogP contribution in [0.3, 0.4) is 0 Å². The Bertz CT molecular complexity index is 755. The van der Waals surface area contributed by atoms with Gasteiger partial charge in [-0.1, -0.05) is 55.5 Å². The average Bonchev–Trinajstić information content (AvgIpc) is 2.75. The van der Waals surface area contributed by atoms with Crippen LogP contribution in [0.4, 0.5) is 0 Å². The van der Waals surface area contributed by atoms with Crippen LogP contribution in [0.2, 0.25) is 0 Å². The van der Waals surface area contributed by atoms with Crippen molar-refractivity contribution in [1.82, 2.24) is 10.2 Å². The van der Waals surface area contributed by atoms with E-state index in [0.717, 1.165) is 43.0 Å². The second kappa shape index (κ2) is 13.3. The molecule has 1 fully saturated rings. The third-order valence-corrected chi connectivity index (χ3v) is 5.63. The molecule has 1 unspecified atom stereocenters. The summed E-state index contributed by atoms with van der Waals surface area (Å²) in [5, 5.41) is 2.74. The van der Waals surface area contributed by atoms with Gasteiger partial charge < -0.3 is 19.7 Å². The molecule has 1 saturated heterocycles. The van der Waals surface area contributed by atoms with Crippen molar-refractivity contribution in [3.8, 4) is 5.75 Å². The summed E-state index contributed by atoms with van der Waals surface area (Å²) in [6.45, 7) is 5.66. The Hall–Kier alpha value is -2.09. The summed E-state index contributed by atoms with van der Waals surface area (Å²) in [7, 11) is 0. The molecule has 7 nitrogen and oxygen atoms in total. The van der Waals surface area contributed by atoms with Gasteiger partial charge in [-0.15, -0.1) is 0 Å². The standard InChI is InChI=1S/C23H33BrN2O5/c1-3-5-7-8-14-30-20-10-9-17(24)15-18(20)23(29)26-12-11-25-22(28)19(26)16-21(27)31-13-6-4-2/h9-10,15,19H,3-8,11-14,16H2,1-2H3,(H,25,28). The molecule has 1 N–H and O–H groups in total. The number of hydrogen-bond donors (Lipinski definition) is 1. The number of unbranched alkanes of at least 4 members (excludes halogenated alkanes) is 4. The van der Waals surface area contributed by atoms with Crippen molar-refractivity contribution < 1.29 is 23.9 Å². The van der Waals surface area contributed by atoms with E-state index in [9.17, 15) is 14.4 Å². The molecular formula is C23H33BrN2O5. The third-order valence-electron chi connectivity index (χ3n) is 5.14. The first-order valence-electron chi connectivity index (χ1n) is 11.1. The minimum Gasteiger partial charge on any atom is -0.493 e. The number of hydrogen-bond acceptors (Lipinski definition) is 5. The van der Waals surface area contributed by atoms with Gasteiger partial charge in [0.1, 0.15) is 11.8 Å². The summed E-state index contributed by atoms with van der Waals surface area (Å²) in [4.78, 5) is 39.5. The molecule has 0 saturated carbocycles. The van der Waals surface area contributed by atoms with Gasteiger partial charge in [-0.3, -0.25) is 14.4 Å². The highest BCUT2D eigenvalue weighted by molar-refractivity contribution is 9.10. The quantitative estimate of drug-likeness (QED) is 0.348. The van der Waals surface area contributed by atoms with Gasteiger partial charge in [0.25, 0.3) is 5.91 Å². The molecule has 31 heavy (non-hydrogen) atoms. The average molecular weight is 497 g/mol. The number of esters is 1. The van der Waals surface area contributed by atoms with E-state index < -0.39 is 12.0 Å². The lowest BCUT2D eigenvalue weighted by Crippen LogP contribution is -2.57. The van der Waals surface area contributed by atoms with Gasteiger partial charge in [0, 0.05) is 17.6 Å². The lowest BCUT2D eigenvalue weighted by molar-refractivity contribution is -0.147. The Morgan fingerprint density at radius 2 is 1.90 bits per heavy atom. The Morgan fingerprint density at radius 1 is 1.13 bits per heavy atom. The maximum absolute atomic E-state index is 13.4. The Labute approximate surface area is 193 Å². The number of halogens is 1. The molecule has 1 aromatic rings. The Balaban J connectivity index is 2.13. The zero-order chi connectivity index (χ0) is 22.6. The third kappa shape index (κ3) is 7.83. The zero-order valence-electron chi connectivity index (χ0n) is 18.5. The van der Waals surface area contributed by atoms with Crippen LogP contribution < -0.4 is 10.1 Å².